The van der Waals surface area contributed by atoms with E-state index in [1.54, 1.807) is 31.1 Å². The Morgan fingerprint density at radius 3 is 2.39 bits per heavy atom. The molecule has 0 fully saturated rings. The molecule has 0 radical (unpaired) electrons. The fourth-order valence-electron chi connectivity index (χ4n) is 1.86. The fourth-order valence-corrected chi connectivity index (χ4v) is 2.67. The van der Waals surface area contributed by atoms with E-state index in [0.29, 0.717) is 5.01 Å². The molecule has 0 aliphatic heterocycles. The highest BCUT2D eigenvalue weighted by molar-refractivity contribution is 7.09. The molecule has 124 valence electrons. The largest absolute Gasteiger partial charge is 0.434 e. The van der Waals surface area contributed by atoms with Crippen LogP contribution >= 0.6 is 11.3 Å². The fraction of sp³-hybridized carbons (Fsp3) is 0.333. The smallest absolute Gasteiger partial charge is 0.355 e. The van der Waals surface area contributed by atoms with Gasteiger partial charge >= 0.3 is 6.18 Å². The van der Waals surface area contributed by atoms with Crippen LogP contribution in [0.1, 0.15) is 10.7 Å². The lowest BCUT2D eigenvalue weighted by atomic mass is 10.3. The Morgan fingerprint density at radius 2 is 1.87 bits per heavy atom. The van der Waals surface area contributed by atoms with Crippen molar-refractivity contribution in [1.29, 1.82) is 0 Å². The minimum atomic E-state index is -4.45. The first-order valence-corrected chi connectivity index (χ1v) is 7.67. The molecule has 8 heteroatoms. The Hall–Kier alpha value is -2.09. The molecule has 0 atom stereocenters. The van der Waals surface area contributed by atoms with E-state index in [9.17, 15) is 18.0 Å². The predicted octanol–water partition coefficient (Wildman–Crippen LogP) is 3.26. The van der Waals surface area contributed by atoms with E-state index in [2.05, 4.69) is 4.98 Å². The van der Waals surface area contributed by atoms with Crippen molar-refractivity contribution in [2.75, 3.05) is 25.5 Å². The second-order valence-corrected chi connectivity index (χ2v) is 6.05. The molecule has 1 heterocycles. The van der Waals surface area contributed by atoms with Gasteiger partial charge in [0.15, 0.2) is 5.69 Å². The van der Waals surface area contributed by atoms with Gasteiger partial charge in [-0.15, -0.1) is 11.3 Å². The van der Waals surface area contributed by atoms with Gasteiger partial charge in [0.2, 0.25) is 5.91 Å². The van der Waals surface area contributed by atoms with Gasteiger partial charge in [-0.3, -0.25) is 4.79 Å². The van der Waals surface area contributed by atoms with Crippen molar-refractivity contribution in [2.24, 2.45) is 0 Å². The summed E-state index contributed by atoms with van der Waals surface area (Å²) in [5, 5.41) is 1.31. The van der Waals surface area contributed by atoms with Gasteiger partial charge < -0.3 is 9.80 Å². The van der Waals surface area contributed by atoms with E-state index < -0.39 is 11.9 Å². The average Bonchev–Trinajstić information content (AvgIpc) is 2.96. The number of hydrogen-bond acceptors (Lipinski definition) is 4. The number of thiazole rings is 1. The van der Waals surface area contributed by atoms with Crippen molar-refractivity contribution >= 4 is 22.9 Å². The number of amides is 1. The van der Waals surface area contributed by atoms with Crippen LogP contribution in [0.15, 0.2) is 35.7 Å². The summed E-state index contributed by atoms with van der Waals surface area (Å²) in [6.45, 7) is 0.211. The molecule has 4 nitrogen and oxygen atoms in total. The van der Waals surface area contributed by atoms with Gasteiger partial charge in [0, 0.05) is 25.2 Å². The number of rotatable bonds is 5. The third-order valence-electron chi connectivity index (χ3n) is 3.11. The van der Waals surface area contributed by atoms with E-state index in [4.69, 9.17) is 0 Å². The van der Waals surface area contributed by atoms with Crippen molar-refractivity contribution in [3.63, 3.8) is 0 Å². The highest BCUT2D eigenvalue weighted by atomic mass is 32.1. The maximum Gasteiger partial charge on any atom is 0.434 e. The molecule has 0 bridgehead atoms. The molecular formula is C15H16F3N3OS. The molecule has 0 saturated carbocycles. The van der Waals surface area contributed by atoms with Crippen LogP contribution in [0.4, 0.5) is 18.9 Å². The molecule has 0 spiro atoms. The van der Waals surface area contributed by atoms with Crippen molar-refractivity contribution in [3.05, 3.63) is 46.4 Å². The lowest BCUT2D eigenvalue weighted by molar-refractivity contribution is -0.140. The van der Waals surface area contributed by atoms with Crippen LogP contribution in [0.3, 0.4) is 0 Å². The highest BCUT2D eigenvalue weighted by Gasteiger charge is 2.33. The monoisotopic (exact) mass is 343 g/mol. The van der Waals surface area contributed by atoms with Crippen molar-refractivity contribution in [3.8, 4) is 0 Å². The van der Waals surface area contributed by atoms with Gasteiger partial charge in [-0.2, -0.15) is 13.2 Å². The van der Waals surface area contributed by atoms with E-state index >= 15 is 0 Å². The zero-order chi connectivity index (χ0) is 17.0. The van der Waals surface area contributed by atoms with Crippen LogP contribution in [0.2, 0.25) is 0 Å². The van der Waals surface area contributed by atoms with Crippen molar-refractivity contribution in [1.82, 2.24) is 9.88 Å². The number of carbonyl (C=O) groups excluding carboxylic acids is 1. The number of halogens is 3. The maximum atomic E-state index is 12.6. The number of benzene rings is 1. The van der Waals surface area contributed by atoms with Crippen molar-refractivity contribution in [2.45, 2.75) is 12.7 Å². The third-order valence-corrected chi connectivity index (χ3v) is 3.95. The summed E-state index contributed by atoms with van der Waals surface area (Å²) in [5.41, 5.74) is -0.143. The molecule has 2 rings (SSSR count). The van der Waals surface area contributed by atoms with Crippen LogP contribution < -0.4 is 4.90 Å². The molecule has 0 aliphatic carbocycles. The Balaban J connectivity index is 2.21. The number of para-hydroxylation sites is 1. The Bertz CT molecular complexity index is 655. The maximum absolute atomic E-state index is 12.6. The Labute approximate surface area is 136 Å². The number of anilines is 1. The molecule has 1 aromatic carbocycles. The van der Waals surface area contributed by atoms with Crippen molar-refractivity contribution < 1.29 is 18.0 Å². The van der Waals surface area contributed by atoms with Gasteiger partial charge in [0.05, 0.1) is 13.1 Å². The molecule has 2 aromatic rings. The van der Waals surface area contributed by atoms with Crippen LogP contribution in [0.25, 0.3) is 0 Å². The number of likely N-dealkylation sites (N-methyl/N-ethyl adjacent to an activating group) is 1. The number of alkyl halides is 3. The molecule has 1 amide bonds. The van der Waals surface area contributed by atoms with Crippen LogP contribution in [-0.2, 0) is 17.5 Å². The summed E-state index contributed by atoms with van der Waals surface area (Å²) >= 11 is 0.937. The Kier molecular flexibility index (Phi) is 5.25. The number of carbonyl (C=O) groups is 1. The SMILES string of the molecule is CN(C)C(=O)CN(Cc1nc(C(F)(F)F)cs1)c1ccccc1. The summed E-state index contributed by atoms with van der Waals surface area (Å²) < 4.78 is 37.9. The lowest BCUT2D eigenvalue weighted by Crippen LogP contribution is -2.36. The topological polar surface area (TPSA) is 36.4 Å². The molecule has 23 heavy (non-hydrogen) atoms. The third kappa shape index (κ3) is 4.69. The van der Waals surface area contributed by atoms with E-state index in [0.717, 1.165) is 22.4 Å². The van der Waals surface area contributed by atoms with E-state index in [-0.39, 0.29) is 19.0 Å². The predicted molar refractivity (Wildman–Crippen MR) is 83.3 cm³/mol. The lowest BCUT2D eigenvalue weighted by Gasteiger charge is -2.24. The van der Waals surface area contributed by atoms with E-state index in [1.165, 1.54) is 4.90 Å². The van der Waals surface area contributed by atoms with Crippen LogP contribution in [0.5, 0.6) is 0 Å². The number of aromatic nitrogens is 1. The molecule has 1 aromatic heterocycles. The molecule has 0 aliphatic rings. The minimum Gasteiger partial charge on any atom is -0.355 e. The second kappa shape index (κ2) is 6.99. The summed E-state index contributed by atoms with van der Waals surface area (Å²) in [6.07, 6.45) is -4.45. The zero-order valence-corrected chi connectivity index (χ0v) is 13.5. The summed E-state index contributed by atoms with van der Waals surface area (Å²) in [6, 6.07) is 9.07. The summed E-state index contributed by atoms with van der Waals surface area (Å²) in [4.78, 5) is 18.7. The highest BCUT2D eigenvalue weighted by Crippen LogP contribution is 2.30. The van der Waals surface area contributed by atoms with E-state index in [1.807, 2.05) is 18.2 Å². The van der Waals surface area contributed by atoms with Gasteiger partial charge in [-0.25, -0.2) is 4.98 Å². The van der Waals surface area contributed by atoms with Gasteiger partial charge in [0.1, 0.15) is 5.01 Å². The first-order valence-electron chi connectivity index (χ1n) is 6.79. The number of hydrogen-bond donors (Lipinski definition) is 0. The normalized spacial score (nSPS) is 11.3. The first kappa shape index (κ1) is 17.3. The first-order chi connectivity index (χ1) is 10.8. The van der Waals surface area contributed by atoms with Gasteiger partial charge in [0.25, 0.3) is 0 Å². The molecule has 0 saturated heterocycles. The second-order valence-electron chi connectivity index (χ2n) is 5.10. The minimum absolute atomic E-state index is 0.0674. The summed E-state index contributed by atoms with van der Waals surface area (Å²) in [7, 11) is 3.27. The van der Waals surface area contributed by atoms with Crippen LogP contribution in [-0.4, -0.2) is 36.4 Å². The molecular weight excluding hydrogens is 327 g/mol. The summed E-state index contributed by atoms with van der Waals surface area (Å²) in [5.74, 6) is -0.138. The molecule has 0 N–H and O–H groups in total. The quantitative estimate of drug-likeness (QED) is 0.836. The van der Waals surface area contributed by atoms with Gasteiger partial charge in [-0.1, -0.05) is 18.2 Å². The number of nitrogens with zero attached hydrogens (tertiary/aromatic N) is 3. The van der Waals surface area contributed by atoms with Crippen LogP contribution in [0, 0.1) is 0 Å². The average molecular weight is 343 g/mol. The molecule has 0 unspecified atom stereocenters. The van der Waals surface area contributed by atoms with Gasteiger partial charge in [-0.05, 0) is 12.1 Å². The zero-order valence-electron chi connectivity index (χ0n) is 12.7. The Morgan fingerprint density at radius 1 is 1.22 bits per heavy atom. The standard InChI is InChI=1S/C15H16F3N3OS/c1-20(2)14(22)9-21(11-6-4-3-5-7-11)8-13-19-12(10-23-13)15(16,17)18/h3-7,10H,8-9H2,1-2H3.